The van der Waals surface area contributed by atoms with Crippen molar-refractivity contribution in [3.05, 3.63) is 42.0 Å². The Morgan fingerprint density at radius 2 is 2.00 bits per heavy atom. The van der Waals surface area contributed by atoms with E-state index in [0.29, 0.717) is 22.9 Å². The van der Waals surface area contributed by atoms with Gasteiger partial charge in [-0.2, -0.15) is 5.10 Å². The first-order valence-electron chi connectivity index (χ1n) is 8.93. The maximum Gasteiger partial charge on any atom is 0.278 e. The molecule has 0 atom stereocenters. The van der Waals surface area contributed by atoms with Gasteiger partial charge >= 0.3 is 0 Å². The van der Waals surface area contributed by atoms with Gasteiger partial charge in [0.05, 0.1) is 4.70 Å². The van der Waals surface area contributed by atoms with Gasteiger partial charge in [-0.1, -0.05) is 17.4 Å². The average molecular weight is 426 g/mol. The molecular formula is C19H25ClFN5OS. The molecule has 0 N–H and O–H groups in total. The summed E-state index contributed by atoms with van der Waals surface area (Å²) < 4.78 is 16.5. The first-order valence-corrected chi connectivity index (χ1v) is 9.75. The highest BCUT2D eigenvalue weighted by Gasteiger charge is 2.25. The fraction of sp³-hybridized carbons (Fsp3) is 0.421. The summed E-state index contributed by atoms with van der Waals surface area (Å²) in [6, 6.07) is 6.65. The van der Waals surface area contributed by atoms with E-state index in [0.717, 1.165) is 17.7 Å². The van der Waals surface area contributed by atoms with Gasteiger partial charge in [0.1, 0.15) is 17.0 Å². The van der Waals surface area contributed by atoms with Gasteiger partial charge in [-0.05, 0) is 59.1 Å². The molecule has 6 nitrogen and oxygen atoms in total. The second-order valence-corrected chi connectivity index (χ2v) is 7.96. The molecule has 2 heterocycles. The summed E-state index contributed by atoms with van der Waals surface area (Å²) in [4.78, 5) is 21.4. The van der Waals surface area contributed by atoms with Crippen LogP contribution in [0.4, 0.5) is 9.52 Å². The minimum Gasteiger partial charge on any atom is -0.309 e. The highest BCUT2D eigenvalue weighted by molar-refractivity contribution is 7.22. The number of thiazole rings is 1. The van der Waals surface area contributed by atoms with Crippen molar-refractivity contribution in [2.45, 2.75) is 26.3 Å². The van der Waals surface area contributed by atoms with Crippen LogP contribution < -0.4 is 4.90 Å². The third-order valence-corrected chi connectivity index (χ3v) is 5.24. The number of aromatic nitrogens is 3. The Kier molecular flexibility index (Phi) is 7.51. The average Bonchev–Trinajstić information content (AvgIpc) is 3.25. The van der Waals surface area contributed by atoms with Crippen LogP contribution in [-0.2, 0) is 0 Å². The first kappa shape index (κ1) is 22.3. The van der Waals surface area contributed by atoms with Crippen LogP contribution in [-0.4, -0.2) is 52.8 Å². The van der Waals surface area contributed by atoms with E-state index < -0.39 is 0 Å². The van der Waals surface area contributed by atoms with Crippen molar-refractivity contribution < 1.29 is 9.18 Å². The molecule has 0 radical (unpaired) electrons. The SMILES string of the molecule is CC(C)n1nccc1C(=O)N(CCCN(C)C)c1nc2c(F)cccc2s1.Cl. The molecule has 1 amide bonds. The number of rotatable bonds is 7. The van der Waals surface area contributed by atoms with E-state index in [1.807, 2.05) is 34.0 Å². The molecule has 152 valence electrons. The fourth-order valence-corrected chi connectivity index (χ4v) is 3.89. The number of hydrogen-bond donors (Lipinski definition) is 0. The third-order valence-electron chi connectivity index (χ3n) is 4.20. The van der Waals surface area contributed by atoms with Crippen LogP contribution in [0.25, 0.3) is 10.2 Å². The molecule has 1 aromatic carbocycles. The number of nitrogens with zero attached hydrogens (tertiary/aromatic N) is 5. The molecule has 0 aliphatic carbocycles. The van der Waals surface area contributed by atoms with Crippen LogP contribution in [0.15, 0.2) is 30.5 Å². The zero-order valence-corrected chi connectivity index (χ0v) is 18.1. The van der Waals surface area contributed by atoms with Gasteiger partial charge in [0, 0.05) is 18.8 Å². The number of fused-ring (bicyclic) bond motifs is 1. The van der Waals surface area contributed by atoms with Gasteiger partial charge < -0.3 is 4.90 Å². The summed E-state index contributed by atoms with van der Waals surface area (Å²) >= 11 is 1.33. The molecule has 0 aliphatic heterocycles. The van der Waals surface area contributed by atoms with E-state index >= 15 is 0 Å². The van der Waals surface area contributed by atoms with Crippen LogP contribution in [0.5, 0.6) is 0 Å². The molecule has 3 rings (SSSR count). The monoisotopic (exact) mass is 425 g/mol. The number of benzene rings is 1. The van der Waals surface area contributed by atoms with Gasteiger partial charge in [0.25, 0.3) is 5.91 Å². The van der Waals surface area contributed by atoms with Gasteiger partial charge in [-0.3, -0.25) is 14.4 Å². The van der Waals surface area contributed by atoms with Gasteiger partial charge in [0.2, 0.25) is 0 Å². The van der Waals surface area contributed by atoms with Crippen LogP contribution >= 0.6 is 23.7 Å². The smallest absolute Gasteiger partial charge is 0.278 e. The van der Waals surface area contributed by atoms with E-state index in [4.69, 9.17) is 0 Å². The molecule has 9 heteroatoms. The molecule has 28 heavy (non-hydrogen) atoms. The maximum absolute atomic E-state index is 14.1. The lowest BCUT2D eigenvalue weighted by Crippen LogP contribution is -2.35. The number of hydrogen-bond acceptors (Lipinski definition) is 5. The quantitative estimate of drug-likeness (QED) is 0.568. The van der Waals surface area contributed by atoms with Crippen molar-refractivity contribution in [2.24, 2.45) is 0 Å². The topological polar surface area (TPSA) is 54.3 Å². The van der Waals surface area contributed by atoms with E-state index in [9.17, 15) is 9.18 Å². The van der Waals surface area contributed by atoms with E-state index in [1.165, 1.54) is 17.4 Å². The molecule has 0 fully saturated rings. The lowest BCUT2D eigenvalue weighted by Gasteiger charge is -2.22. The molecule has 0 aliphatic rings. The normalized spacial score (nSPS) is 11.2. The molecule has 0 unspecified atom stereocenters. The van der Waals surface area contributed by atoms with Crippen LogP contribution in [0.3, 0.4) is 0 Å². The number of amides is 1. The van der Waals surface area contributed by atoms with Crippen molar-refractivity contribution in [1.29, 1.82) is 0 Å². The van der Waals surface area contributed by atoms with Crippen molar-refractivity contribution >= 4 is 45.0 Å². The van der Waals surface area contributed by atoms with Gasteiger partial charge in [-0.25, -0.2) is 9.37 Å². The number of anilines is 1. The Balaban J connectivity index is 0.00000280. The predicted octanol–water partition coefficient (Wildman–Crippen LogP) is 4.23. The first-order chi connectivity index (χ1) is 12.9. The Bertz CT molecular complexity index is 939. The summed E-state index contributed by atoms with van der Waals surface area (Å²) in [6.45, 7) is 5.30. The molecule has 2 aromatic heterocycles. The lowest BCUT2D eigenvalue weighted by molar-refractivity contribution is 0.0974. The van der Waals surface area contributed by atoms with Gasteiger partial charge in [-0.15, -0.1) is 12.4 Å². The number of para-hydroxylation sites is 1. The van der Waals surface area contributed by atoms with Crippen molar-refractivity contribution in [2.75, 3.05) is 32.1 Å². The molecule has 3 aromatic rings. The number of halogens is 2. The van der Waals surface area contributed by atoms with Gasteiger partial charge in [0.15, 0.2) is 5.13 Å². The zero-order valence-electron chi connectivity index (χ0n) is 16.4. The zero-order chi connectivity index (χ0) is 19.6. The molecular weight excluding hydrogens is 401 g/mol. The second-order valence-electron chi connectivity index (χ2n) is 6.95. The number of carbonyl (C=O) groups excluding carboxylic acids is 1. The second kappa shape index (κ2) is 9.45. The standard InChI is InChI=1S/C19H24FN5OS.ClH/c1-13(2)25-15(9-10-21-25)18(26)24(12-6-11-23(3)4)19-22-17-14(20)7-5-8-16(17)27-19;/h5,7-10,13H,6,11-12H2,1-4H3;1H. The summed E-state index contributed by atoms with van der Waals surface area (Å²) in [5, 5.41) is 4.77. The van der Waals surface area contributed by atoms with E-state index in [1.54, 1.807) is 27.9 Å². The molecule has 0 saturated carbocycles. The molecule has 0 spiro atoms. The minimum absolute atomic E-state index is 0. The predicted molar refractivity (Wildman–Crippen MR) is 114 cm³/mol. The lowest BCUT2D eigenvalue weighted by atomic mass is 10.3. The Hall–Kier alpha value is -2.03. The molecule has 0 bridgehead atoms. The van der Waals surface area contributed by atoms with Crippen molar-refractivity contribution in [3.8, 4) is 0 Å². The van der Waals surface area contributed by atoms with Crippen LogP contribution in [0, 0.1) is 5.82 Å². The van der Waals surface area contributed by atoms with E-state index in [-0.39, 0.29) is 30.2 Å². The Morgan fingerprint density at radius 3 is 2.64 bits per heavy atom. The summed E-state index contributed by atoms with van der Waals surface area (Å²) in [6.07, 6.45) is 2.41. The van der Waals surface area contributed by atoms with E-state index in [2.05, 4.69) is 15.0 Å². The summed E-state index contributed by atoms with van der Waals surface area (Å²) in [5.41, 5.74) is 0.815. The minimum atomic E-state index is -0.372. The highest BCUT2D eigenvalue weighted by atomic mass is 35.5. The Labute approximate surface area is 174 Å². The largest absolute Gasteiger partial charge is 0.309 e. The highest BCUT2D eigenvalue weighted by Crippen LogP contribution is 2.31. The summed E-state index contributed by atoms with van der Waals surface area (Å²) in [5.74, 6) is -0.540. The molecule has 0 saturated heterocycles. The van der Waals surface area contributed by atoms with Crippen LogP contribution in [0.1, 0.15) is 36.8 Å². The van der Waals surface area contributed by atoms with Crippen LogP contribution in [0.2, 0.25) is 0 Å². The summed E-state index contributed by atoms with van der Waals surface area (Å²) in [7, 11) is 3.99. The fourth-order valence-electron chi connectivity index (χ4n) is 2.88. The third kappa shape index (κ3) is 4.68. The number of carbonyl (C=O) groups is 1. The van der Waals surface area contributed by atoms with Crippen molar-refractivity contribution in [1.82, 2.24) is 19.7 Å². The maximum atomic E-state index is 14.1. The van der Waals surface area contributed by atoms with Crippen molar-refractivity contribution in [3.63, 3.8) is 0 Å². The Morgan fingerprint density at radius 1 is 1.25 bits per heavy atom.